The Morgan fingerprint density at radius 1 is 1.03 bits per heavy atom. The maximum absolute atomic E-state index is 13.2. The van der Waals surface area contributed by atoms with E-state index in [4.69, 9.17) is 17.0 Å². The van der Waals surface area contributed by atoms with Crippen LogP contribution in [0.3, 0.4) is 0 Å². The van der Waals surface area contributed by atoms with Gasteiger partial charge in [0.05, 0.1) is 12.3 Å². The van der Waals surface area contributed by atoms with Crippen LogP contribution in [-0.4, -0.2) is 28.1 Å². The second kappa shape index (κ2) is 8.34. The Morgan fingerprint density at radius 3 is 2.57 bits per heavy atom. The molecule has 1 N–H and O–H groups in total. The van der Waals surface area contributed by atoms with Gasteiger partial charge in [-0.15, -0.1) is 0 Å². The number of nitrogens with one attached hydrogen (secondary N) is 1. The predicted octanol–water partition coefficient (Wildman–Crippen LogP) is 3.71. The molecule has 3 aromatic rings. The van der Waals surface area contributed by atoms with E-state index in [-0.39, 0.29) is 10.7 Å². The summed E-state index contributed by atoms with van der Waals surface area (Å²) in [5.41, 5.74) is 2.25. The minimum Gasteiger partial charge on any atom is -0.494 e. The molecule has 1 aliphatic rings. The molecule has 2 aromatic carbocycles. The molecule has 1 aliphatic heterocycles. The molecule has 30 heavy (non-hydrogen) atoms. The van der Waals surface area contributed by atoms with Crippen LogP contribution in [0.15, 0.2) is 78.6 Å². The van der Waals surface area contributed by atoms with Gasteiger partial charge in [-0.25, -0.2) is 0 Å². The molecule has 0 atom stereocenters. The number of hydrogen-bond acceptors (Lipinski definition) is 4. The lowest BCUT2D eigenvalue weighted by molar-refractivity contribution is -0.122. The van der Waals surface area contributed by atoms with E-state index in [1.807, 2.05) is 60.3 Å². The average molecular weight is 417 g/mol. The number of benzene rings is 2. The zero-order chi connectivity index (χ0) is 21.1. The molecule has 0 unspecified atom stereocenters. The first-order valence-electron chi connectivity index (χ1n) is 9.44. The van der Waals surface area contributed by atoms with Gasteiger partial charge in [-0.2, -0.15) is 0 Å². The third-order valence-corrected chi connectivity index (χ3v) is 4.85. The second-order valence-corrected chi connectivity index (χ2v) is 6.96. The van der Waals surface area contributed by atoms with Crippen molar-refractivity contribution in [2.75, 3.05) is 11.5 Å². The van der Waals surface area contributed by atoms with Gasteiger partial charge in [-0.1, -0.05) is 24.3 Å². The molecule has 6 nitrogen and oxygen atoms in total. The third-order valence-electron chi connectivity index (χ3n) is 4.57. The van der Waals surface area contributed by atoms with E-state index >= 15 is 0 Å². The molecule has 0 bridgehead atoms. The first-order chi connectivity index (χ1) is 14.6. The van der Waals surface area contributed by atoms with Gasteiger partial charge in [-0.05, 0) is 61.1 Å². The monoisotopic (exact) mass is 417 g/mol. The Labute approximate surface area is 179 Å². The topological polar surface area (TPSA) is 63.6 Å². The number of ether oxygens (including phenoxy) is 1. The highest BCUT2D eigenvalue weighted by atomic mass is 32.1. The summed E-state index contributed by atoms with van der Waals surface area (Å²) in [6.07, 6.45) is 5.30. The first-order valence-corrected chi connectivity index (χ1v) is 9.85. The molecule has 1 fully saturated rings. The normalized spacial score (nSPS) is 15.4. The maximum Gasteiger partial charge on any atom is 0.270 e. The Morgan fingerprint density at radius 2 is 1.80 bits per heavy atom. The van der Waals surface area contributed by atoms with E-state index in [9.17, 15) is 9.59 Å². The first kappa shape index (κ1) is 19.6. The van der Waals surface area contributed by atoms with E-state index in [1.165, 1.54) is 4.90 Å². The second-order valence-electron chi connectivity index (χ2n) is 6.58. The molecule has 1 aromatic heterocycles. The lowest BCUT2D eigenvalue weighted by atomic mass is 10.1. The van der Waals surface area contributed by atoms with Crippen LogP contribution in [0.4, 0.5) is 5.69 Å². The van der Waals surface area contributed by atoms with E-state index < -0.39 is 11.8 Å². The van der Waals surface area contributed by atoms with Crippen molar-refractivity contribution in [1.29, 1.82) is 0 Å². The van der Waals surface area contributed by atoms with Crippen LogP contribution in [0.25, 0.3) is 11.8 Å². The number of para-hydroxylation sites is 1. The lowest BCUT2D eigenvalue weighted by Gasteiger charge is -2.29. The third kappa shape index (κ3) is 3.88. The van der Waals surface area contributed by atoms with Crippen LogP contribution in [0.2, 0.25) is 0 Å². The molecule has 4 rings (SSSR count). The van der Waals surface area contributed by atoms with Gasteiger partial charge >= 0.3 is 0 Å². The number of carbonyl (C=O) groups excluding carboxylic acids is 2. The van der Waals surface area contributed by atoms with Crippen LogP contribution in [0.1, 0.15) is 12.5 Å². The molecule has 2 amide bonds. The highest BCUT2D eigenvalue weighted by Gasteiger charge is 2.34. The summed E-state index contributed by atoms with van der Waals surface area (Å²) in [7, 11) is 0. The smallest absolute Gasteiger partial charge is 0.270 e. The molecular weight excluding hydrogens is 398 g/mol. The lowest BCUT2D eigenvalue weighted by Crippen LogP contribution is -2.54. The quantitative estimate of drug-likeness (QED) is 0.391. The Kier molecular flexibility index (Phi) is 5.45. The average Bonchev–Trinajstić information content (AvgIpc) is 3.21. The van der Waals surface area contributed by atoms with Crippen LogP contribution >= 0.6 is 12.2 Å². The van der Waals surface area contributed by atoms with Gasteiger partial charge in [0.1, 0.15) is 11.3 Å². The Balaban J connectivity index is 1.66. The van der Waals surface area contributed by atoms with Gasteiger partial charge < -0.3 is 9.30 Å². The summed E-state index contributed by atoms with van der Waals surface area (Å²) in [5.74, 6) is -0.382. The van der Waals surface area contributed by atoms with Crippen LogP contribution in [-0.2, 0) is 9.59 Å². The van der Waals surface area contributed by atoms with Gasteiger partial charge in [0.15, 0.2) is 5.11 Å². The molecule has 0 aliphatic carbocycles. The van der Waals surface area contributed by atoms with E-state index in [2.05, 4.69) is 5.32 Å². The molecule has 0 spiro atoms. The van der Waals surface area contributed by atoms with Gasteiger partial charge in [0.2, 0.25) is 0 Å². The summed E-state index contributed by atoms with van der Waals surface area (Å²) in [6.45, 7) is 2.38. The largest absolute Gasteiger partial charge is 0.494 e. The summed E-state index contributed by atoms with van der Waals surface area (Å²) in [6, 6.07) is 18.7. The van der Waals surface area contributed by atoms with E-state index in [1.54, 1.807) is 30.3 Å². The predicted molar refractivity (Wildman–Crippen MR) is 120 cm³/mol. The van der Waals surface area contributed by atoms with Crippen LogP contribution in [0, 0.1) is 0 Å². The SMILES string of the molecule is CCOc1cccc(N2C(=O)/C(=C\c3ccn(-c4ccccc4)c3)C(=O)NC2=S)c1. The number of carbonyl (C=O) groups is 2. The fraction of sp³-hybridized carbons (Fsp3) is 0.0870. The minimum absolute atomic E-state index is 0.0104. The van der Waals surface area contributed by atoms with E-state index in [0.29, 0.717) is 18.0 Å². The maximum atomic E-state index is 13.2. The van der Waals surface area contributed by atoms with Crippen molar-refractivity contribution in [3.63, 3.8) is 0 Å². The number of amides is 2. The minimum atomic E-state index is -0.519. The Hall–Kier alpha value is -3.71. The number of anilines is 1. The van der Waals surface area contributed by atoms with Crippen molar-refractivity contribution in [2.24, 2.45) is 0 Å². The van der Waals surface area contributed by atoms with E-state index in [0.717, 1.165) is 11.3 Å². The van der Waals surface area contributed by atoms with Crippen LogP contribution < -0.4 is 15.0 Å². The number of thiocarbonyl (C=S) groups is 1. The van der Waals surface area contributed by atoms with Crippen molar-refractivity contribution in [3.8, 4) is 11.4 Å². The number of hydrogen-bond donors (Lipinski definition) is 1. The van der Waals surface area contributed by atoms with Gasteiger partial charge in [0.25, 0.3) is 11.8 Å². The summed E-state index contributed by atoms with van der Waals surface area (Å²) >= 11 is 5.26. The summed E-state index contributed by atoms with van der Waals surface area (Å²) < 4.78 is 7.43. The molecular formula is C23H19N3O3S. The van der Waals surface area contributed by atoms with Crippen molar-refractivity contribution in [2.45, 2.75) is 6.92 Å². The Bertz CT molecular complexity index is 1150. The molecule has 7 heteroatoms. The highest BCUT2D eigenvalue weighted by molar-refractivity contribution is 7.80. The van der Waals surface area contributed by atoms with Crippen molar-refractivity contribution in [3.05, 3.63) is 84.2 Å². The zero-order valence-electron chi connectivity index (χ0n) is 16.2. The summed E-state index contributed by atoms with van der Waals surface area (Å²) in [4.78, 5) is 27.0. The molecule has 2 heterocycles. The highest BCUT2D eigenvalue weighted by Crippen LogP contribution is 2.26. The molecule has 1 saturated heterocycles. The number of aromatic nitrogens is 1. The summed E-state index contributed by atoms with van der Waals surface area (Å²) in [5, 5.41) is 2.64. The van der Waals surface area contributed by atoms with Gasteiger partial charge in [-0.3, -0.25) is 19.8 Å². The van der Waals surface area contributed by atoms with Crippen molar-refractivity contribution >= 4 is 40.9 Å². The molecule has 150 valence electrons. The number of rotatable bonds is 5. The fourth-order valence-electron chi connectivity index (χ4n) is 3.20. The van der Waals surface area contributed by atoms with Crippen LogP contribution in [0.5, 0.6) is 5.75 Å². The molecule has 0 saturated carbocycles. The molecule has 0 radical (unpaired) electrons. The standard InChI is InChI=1S/C23H19N3O3S/c1-2-29-19-10-6-9-18(14-19)26-22(28)20(21(27)24-23(26)30)13-16-11-12-25(15-16)17-7-4-3-5-8-17/h3-15H,2H2,1H3,(H,24,27,30)/b20-13-. The van der Waals surface area contributed by atoms with Crippen molar-refractivity contribution < 1.29 is 14.3 Å². The fourth-order valence-corrected chi connectivity index (χ4v) is 3.48. The number of nitrogens with zero attached hydrogens (tertiary/aromatic N) is 2. The van der Waals surface area contributed by atoms with Crippen molar-refractivity contribution in [1.82, 2.24) is 9.88 Å². The zero-order valence-corrected chi connectivity index (χ0v) is 17.1. The van der Waals surface area contributed by atoms with Gasteiger partial charge in [0, 0.05) is 24.1 Å².